The van der Waals surface area contributed by atoms with Crippen molar-refractivity contribution in [2.24, 2.45) is 13.0 Å². The van der Waals surface area contributed by atoms with Crippen LogP contribution in [0.4, 0.5) is 0 Å². The molecule has 0 aliphatic heterocycles. The molecule has 1 aliphatic rings. The fourth-order valence-electron chi connectivity index (χ4n) is 4.00. The summed E-state index contributed by atoms with van der Waals surface area (Å²) in [7, 11) is 1.90. The van der Waals surface area contributed by atoms with E-state index in [4.69, 9.17) is 4.98 Å². The molecular formula is C21H33N5O. The van der Waals surface area contributed by atoms with Crippen molar-refractivity contribution >= 4 is 16.9 Å². The van der Waals surface area contributed by atoms with Gasteiger partial charge < -0.3 is 5.32 Å². The van der Waals surface area contributed by atoms with Crippen LogP contribution < -0.4 is 5.32 Å². The van der Waals surface area contributed by atoms with Crippen molar-refractivity contribution in [3.05, 3.63) is 23.0 Å². The van der Waals surface area contributed by atoms with Gasteiger partial charge in [0, 0.05) is 31.2 Å². The number of nitrogens with zero attached hydrogens (tertiary/aromatic N) is 4. The van der Waals surface area contributed by atoms with Gasteiger partial charge in [0.15, 0.2) is 5.65 Å². The van der Waals surface area contributed by atoms with Crippen LogP contribution in [0.2, 0.25) is 0 Å². The van der Waals surface area contributed by atoms with Gasteiger partial charge in [-0.25, -0.2) is 4.98 Å². The number of hydrogen-bond acceptors (Lipinski definition) is 4. The number of rotatable bonds is 8. The van der Waals surface area contributed by atoms with E-state index in [2.05, 4.69) is 43.0 Å². The highest BCUT2D eigenvalue weighted by Crippen LogP contribution is 2.40. The average molecular weight is 372 g/mol. The van der Waals surface area contributed by atoms with E-state index in [-0.39, 0.29) is 5.91 Å². The Balaban J connectivity index is 1.88. The van der Waals surface area contributed by atoms with Crippen molar-refractivity contribution < 1.29 is 4.79 Å². The van der Waals surface area contributed by atoms with Gasteiger partial charge in [-0.1, -0.05) is 27.7 Å². The normalized spacial score (nSPS) is 15.7. The molecule has 2 aromatic heterocycles. The van der Waals surface area contributed by atoms with Crippen LogP contribution in [0.1, 0.15) is 68.2 Å². The van der Waals surface area contributed by atoms with Crippen LogP contribution in [-0.4, -0.2) is 51.2 Å². The molecule has 0 spiro atoms. The van der Waals surface area contributed by atoms with Crippen LogP contribution >= 0.6 is 0 Å². The van der Waals surface area contributed by atoms with E-state index in [1.54, 1.807) is 4.68 Å². The molecule has 0 bridgehead atoms. The zero-order valence-electron chi connectivity index (χ0n) is 17.5. The lowest BCUT2D eigenvalue weighted by Crippen LogP contribution is -2.46. The highest BCUT2D eigenvalue weighted by Gasteiger charge is 2.29. The van der Waals surface area contributed by atoms with Gasteiger partial charge in [-0.15, -0.1) is 0 Å². The number of likely N-dealkylation sites (N-methyl/N-ethyl adjacent to an activating group) is 1. The molecule has 1 amide bonds. The first-order valence-electron chi connectivity index (χ1n) is 10.2. The fourth-order valence-corrected chi connectivity index (χ4v) is 4.00. The largest absolute Gasteiger partial charge is 0.350 e. The number of carbonyl (C=O) groups excluding carboxylic acids is 1. The SMILES string of the molecule is CCN(CC)C(CNC(=O)c1cc(C2CC2)nc2c1c(C)nn2C)C(C)C. The summed E-state index contributed by atoms with van der Waals surface area (Å²) in [5.74, 6) is 0.957. The number of hydrogen-bond donors (Lipinski definition) is 1. The summed E-state index contributed by atoms with van der Waals surface area (Å²) < 4.78 is 1.79. The molecule has 6 nitrogen and oxygen atoms in total. The third-order valence-electron chi connectivity index (χ3n) is 5.75. The highest BCUT2D eigenvalue weighted by molar-refractivity contribution is 6.06. The van der Waals surface area contributed by atoms with Crippen molar-refractivity contribution in [2.75, 3.05) is 19.6 Å². The standard InChI is InChI=1S/C21H33N5O/c1-7-26(8-2)18(13(3)4)12-22-21(27)16-11-17(15-9-10-15)23-20-19(16)14(5)24-25(20)6/h11,13,15,18H,7-10,12H2,1-6H3,(H,22,27). The number of nitrogens with one attached hydrogen (secondary N) is 1. The monoisotopic (exact) mass is 371 g/mol. The Morgan fingerprint density at radius 3 is 2.56 bits per heavy atom. The lowest BCUT2D eigenvalue weighted by Gasteiger charge is -2.32. The van der Waals surface area contributed by atoms with Gasteiger partial charge in [-0.2, -0.15) is 5.10 Å². The number of aromatic nitrogens is 3. The topological polar surface area (TPSA) is 63.1 Å². The fraction of sp³-hybridized carbons (Fsp3) is 0.667. The molecule has 1 fully saturated rings. The van der Waals surface area contributed by atoms with Gasteiger partial charge in [0.05, 0.1) is 16.6 Å². The van der Waals surface area contributed by atoms with Crippen molar-refractivity contribution in [3.8, 4) is 0 Å². The lowest BCUT2D eigenvalue weighted by molar-refractivity contribution is 0.0922. The average Bonchev–Trinajstić information content (AvgIpc) is 3.44. The van der Waals surface area contributed by atoms with Crippen molar-refractivity contribution in [2.45, 2.75) is 59.4 Å². The molecule has 1 aliphatic carbocycles. The molecule has 1 N–H and O–H groups in total. The first-order chi connectivity index (χ1) is 12.9. The molecule has 0 saturated heterocycles. The minimum absolute atomic E-state index is 0.0155. The highest BCUT2D eigenvalue weighted by atomic mass is 16.1. The first-order valence-corrected chi connectivity index (χ1v) is 10.2. The second-order valence-electron chi connectivity index (χ2n) is 8.02. The van der Waals surface area contributed by atoms with Crippen molar-refractivity contribution in [3.63, 3.8) is 0 Å². The summed E-state index contributed by atoms with van der Waals surface area (Å²) in [4.78, 5) is 20.4. The van der Waals surface area contributed by atoms with Crippen molar-refractivity contribution in [1.82, 2.24) is 25.0 Å². The molecule has 148 valence electrons. The van der Waals surface area contributed by atoms with Crippen LogP contribution in [0.5, 0.6) is 0 Å². The Hall–Kier alpha value is -1.95. The molecule has 1 saturated carbocycles. The third-order valence-corrected chi connectivity index (χ3v) is 5.75. The molecule has 1 unspecified atom stereocenters. The molecule has 6 heteroatoms. The van der Waals surface area contributed by atoms with Crippen LogP contribution in [0, 0.1) is 12.8 Å². The minimum atomic E-state index is -0.0155. The van der Waals surface area contributed by atoms with E-state index >= 15 is 0 Å². The van der Waals surface area contributed by atoms with E-state index in [1.807, 2.05) is 20.0 Å². The molecule has 3 rings (SSSR count). The number of pyridine rings is 1. The predicted molar refractivity (Wildman–Crippen MR) is 109 cm³/mol. The van der Waals surface area contributed by atoms with Gasteiger partial charge in [-0.05, 0) is 44.8 Å². The number of carbonyl (C=O) groups is 1. The van der Waals surface area contributed by atoms with Crippen LogP contribution in [0.3, 0.4) is 0 Å². The van der Waals surface area contributed by atoms with E-state index in [9.17, 15) is 4.79 Å². The first kappa shape index (κ1) is 19.8. The number of fused-ring (bicyclic) bond motifs is 1. The smallest absolute Gasteiger partial charge is 0.252 e. The molecule has 0 radical (unpaired) electrons. The Morgan fingerprint density at radius 1 is 1.33 bits per heavy atom. The van der Waals surface area contributed by atoms with Gasteiger partial charge in [0.25, 0.3) is 5.91 Å². The van der Waals surface area contributed by atoms with Gasteiger partial charge >= 0.3 is 0 Å². The maximum absolute atomic E-state index is 13.1. The third kappa shape index (κ3) is 4.00. The van der Waals surface area contributed by atoms with E-state index in [0.29, 0.717) is 24.4 Å². The van der Waals surface area contributed by atoms with Gasteiger partial charge in [0.2, 0.25) is 0 Å². The van der Waals surface area contributed by atoms with E-state index < -0.39 is 0 Å². The zero-order valence-corrected chi connectivity index (χ0v) is 17.5. The Bertz CT molecular complexity index is 818. The Morgan fingerprint density at radius 2 is 2.00 bits per heavy atom. The zero-order chi connectivity index (χ0) is 19.7. The van der Waals surface area contributed by atoms with Gasteiger partial charge in [-0.3, -0.25) is 14.4 Å². The second kappa shape index (κ2) is 7.97. The maximum Gasteiger partial charge on any atom is 0.252 e. The quantitative estimate of drug-likeness (QED) is 0.774. The summed E-state index contributed by atoms with van der Waals surface area (Å²) in [6.07, 6.45) is 2.32. The van der Waals surface area contributed by atoms with Crippen LogP contribution in [-0.2, 0) is 7.05 Å². The summed E-state index contributed by atoms with van der Waals surface area (Å²) in [6.45, 7) is 13.4. The summed E-state index contributed by atoms with van der Waals surface area (Å²) in [6, 6.07) is 2.32. The molecule has 1 atom stereocenters. The lowest BCUT2D eigenvalue weighted by atomic mass is 10.0. The summed E-state index contributed by atoms with van der Waals surface area (Å²) in [5.41, 5.74) is 3.41. The van der Waals surface area contributed by atoms with E-state index in [1.165, 1.54) is 0 Å². The molecule has 2 aromatic rings. The summed E-state index contributed by atoms with van der Waals surface area (Å²) in [5, 5.41) is 8.58. The molecular weight excluding hydrogens is 338 g/mol. The van der Waals surface area contributed by atoms with Crippen LogP contribution in [0.25, 0.3) is 11.0 Å². The summed E-state index contributed by atoms with van der Waals surface area (Å²) >= 11 is 0. The van der Waals surface area contributed by atoms with Gasteiger partial charge in [0.1, 0.15) is 0 Å². The molecule has 0 aromatic carbocycles. The minimum Gasteiger partial charge on any atom is -0.350 e. The maximum atomic E-state index is 13.1. The predicted octanol–water partition coefficient (Wildman–Crippen LogP) is 3.25. The number of aryl methyl sites for hydroxylation is 2. The van der Waals surface area contributed by atoms with E-state index in [0.717, 1.165) is 53.9 Å². The molecule has 2 heterocycles. The van der Waals surface area contributed by atoms with Crippen molar-refractivity contribution in [1.29, 1.82) is 0 Å². The Labute approximate surface area is 162 Å². The second-order valence-corrected chi connectivity index (χ2v) is 8.02. The van der Waals surface area contributed by atoms with Crippen LogP contribution in [0.15, 0.2) is 6.07 Å². The molecule has 27 heavy (non-hydrogen) atoms. The Kier molecular flexibility index (Phi) is 5.84. The number of amides is 1.